The molecule has 4 rings (SSSR count). The van der Waals surface area contributed by atoms with Gasteiger partial charge < -0.3 is 20.1 Å². The Morgan fingerprint density at radius 3 is 2.41 bits per heavy atom. The van der Waals surface area contributed by atoms with Gasteiger partial charge in [0.25, 0.3) is 0 Å². The Morgan fingerprint density at radius 2 is 1.76 bits per heavy atom. The zero-order valence-electron chi connectivity index (χ0n) is 15.5. The standard InChI is InChI=1S/C21H16O8/c1-21(28)7-12(23)14-9(16(21)20(27)29-2)6-10-15(19(14)26)18(25)13-8(17(10)24)4-3-5-11(13)22/h3-6,16,22,26,28H,7H2,1-2H3/t16?,21-/m1/s1. The summed E-state index contributed by atoms with van der Waals surface area (Å²) in [5.41, 5.74) is -3.17. The number of rotatable bonds is 1. The van der Waals surface area contributed by atoms with Crippen molar-refractivity contribution >= 4 is 23.3 Å². The van der Waals surface area contributed by atoms with Crippen molar-refractivity contribution < 1.29 is 39.2 Å². The lowest BCUT2D eigenvalue weighted by Crippen LogP contribution is -2.44. The van der Waals surface area contributed by atoms with E-state index in [0.717, 1.165) is 7.11 Å². The van der Waals surface area contributed by atoms with Crippen LogP contribution in [-0.2, 0) is 9.53 Å². The van der Waals surface area contributed by atoms with Gasteiger partial charge in [0.05, 0.1) is 29.4 Å². The molecule has 29 heavy (non-hydrogen) atoms. The summed E-state index contributed by atoms with van der Waals surface area (Å²) in [6, 6.07) is 5.16. The van der Waals surface area contributed by atoms with Crippen molar-refractivity contribution in [2.24, 2.45) is 0 Å². The molecule has 148 valence electrons. The Balaban J connectivity index is 2.06. The molecule has 8 heteroatoms. The number of carbonyl (C=O) groups is 4. The lowest BCUT2D eigenvalue weighted by Gasteiger charge is -2.37. The maximum absolute atomic E-state index is 13.0. The number of carbonyl (C=O) groups excluding carboxylic acids is 4. The van der Waals surface area contributed by atoms with Crippen LogP contribution < -0.4 is 0 Å². The fraction of sp³-hybridized carbons (Fsp3) is 0.238. The number of aromatic hydroxyl groups is 2. The summed E-state index contributed by atoms with van der Waals surface area (Å²) in [5, 5.41) is 31.5. The zero-order chi connectivity index (χ0) is 21.2. The highest BCUT2D eigenvalue weighted by molar-refractivity contribution is 6.31. The van der Waals surface area contributed by atoms with E-state index in [0.29, 0.717) is 0 Å². The molecular weight excluding hydrogens is 380 g/mol. The van der Waals surface area contributed by atoms with E-state index in [2.05, 4.69) is 0 Å². The number of hydrogen-bond donors (Lipinski definition) is 3. The number of benzene rings is 2. The van der Waals surface area contributed by atoms with E-state index in [9.17, 15) is 34.5 Å². The molecule has 0 aromatic heterocycles. The summed E-state index contributed by atoms with van der Waals surface area (Å²) in [4.78, 5) is 51.0. The third-order valence-corrected chi connectivity index (χ3v) is 5.48. The van der Waals surface area contributed by atoms with Crippen molar-refractivity contribution in [1.82, 2.24) is 0 Å². The van der Waals surface area contributed by atoms with Crippen LogP contribution in [0.3, 0.4) is 0 Å². The molecule has 8 nitrogen and oxygen atoms in total. The smallest absolute Gasteiger partial charge is 0.316 e. The molecule has 0 amide bonds. The first-order valence-corrected chi connectivity index (χ1v) is 8.74. The number of methoxy groups -OCH3 is 1. The lowest BCUT2D eigenvalue weighted by atomic mass is 9.69. The maximum atomic E-state index is 13.0. The predicted molar refractivity (Wildman–Crippen MR) is 97.4 cm³/mol. The normalized spacial score (nSPS) is 22.6. The molecule has 2 atom stereocenters. The minimum absolute atomic E-state index is 0.0645. The molecule has 0 fully saturated rings. The number of phenolic OH excluding ortho intramolecular Hbond substituents is 2. The third-order valence-electron chi connectivity index (χ3n) is 5.48. The van der Waals surface area contributed by atoms with Gasteiger partial charge in [0.2, 0.25) is 5.78 Å². The summed E-state index contributed by atoms with van der Waals surface area (Å²) in [6.45, 7) is 1.28. The van der Waals surface area contributed by atoms with Crippen LogP contribution in [0.1, 0.15) is 67.0 Å². The van der Waals surface area contributed by atoms with E-state index in [-0.39, 0.29) is 27.8 Å². The van der Waals surface area contributed by atoms with Gasteiger partial charge in [0.15, 0.2) is 11.6 Å². The molecule has 0 heterocycles. The van der Waals surface area contributed by atoms with Crippen LogP contribution in [0.15, 0.2) is 24.3 Å². The van der Waals surface area contributed by atoms with Gasteiger partial charge in [0.1, 0.15) is 17.4 Å². The van der Waals surface area contributed by atoms with Crippen molar-refractivity contribution in [3.8, 4) is 11.5 Å². The van der Waals surface area contributed by atoms with Crippen LogP contribution in [0, 0.1) is 0 Å². The van der Waals surface area contributed by atoms with Gasteiger partial charge in [-0.15, -0.1) is 0 Å². The second-order valence-corrected chi connectivity index (χ2v) is 7.38. The summed E-state index contributed by atoms with van der Waals surface area (Å²) in [7, 11) is 1.11. The molecule has 0 bridgehead atoms. The molecule has 0 spiro atoms. The number of hydrogen-bond acceptors (Lipinski definition) is 8. The first-order valence-electron chi connectivity index (χ1n) is 8.74. The Morgan fingerprint density at radius 1 is 1.07 bits per heavy atom. The van der Waals surface area contributed by atoms with Crippen LogP contribution >= 0.6 is 0 Å². The first kappa shape index (κ1) is 18.8. The molecule has 2 aromatic rings. The summed E-state index contributed by atoms with van der Waals surface area (Å²) in [5.74, 6) is -5.53. The SMILES string of the molecule is COC(=O)C1c2cc3c(c(O)c2C(=O)C[C@@]1(C)O)C(=O)c1c(O)cccc1C3=O. The molecular formula is C21H16O8. The number of ether oxygens (including phenoxy) is 1. The van der Waals surface area contributed by atoms with Crippen LogP contribution in [0.2, 0.25) is 0 Å². The molecule has 2 aliphatic carbocycles. The van der Waals surface area contributed by atoms with Crippen molar-refractivity contribution in [3.63, 3.8) is 0 Å². The van der Waals surface area contributed by atoms with Gasteiger partial charge in [-0.2, -0.15) is 0 Å². The van der Waals surface area contributed by atoms with Gasteiger partial charge in [0, 0.05) is 17.5 Å². The molecule has 2 aromatic carbocycles. The molecule has 2 aliphatic rings. The Hall–Kier alpha value is -3.52. The van der Waals surface area contributed by atoms with Crippen molar-refractivity contribution in [2.45, 2.75) is 24.9 Å². The monoisotopic (exact) mass is 396 g/mol. The predicted octanol–water partition coefficient (Wildman–Crippen LogP) is 1.47. The van der Waals surface area contributed by atoms with Crippen LogP contribution in [0.25, 0.3) is 0 Å². The van der Waals surface area contributed by atoms with Gasteiger partial charge in [-0.05, 0) is 24.6 Å². The van der Waals surface area contributed by atoms with Gasteiger partial charge >= 0.3 is 5.97 Å². The second kappa shape index (κ2) is 5.99. The van der Waals surface area contributed by atoms with Crippen LogP contribution in [0.5, 0.6) is 11.5 Å². The van der Waals surface area contributed by atoms with Gasteiger partial charge in [-0.25, -0.2) is 0 Å². The van der Waals surface area contributed by atoms with E-state index in [1.54, 1.807) is 0 Å². The van der Waals surface area contributed by atoms with E-state index in [1.165, 1.54) is 31.2 Å². The Bertz CT molecular complexity index is 1140. The maximum Gasteiger partial charge on any atom is 0.316 e. The van der Waals surface area contributed by atoms with Gasteiger partial charge in [-0.1, -0.05) is 12.1 Å². The van der Waals surface area contributed by atoms with E-state index < -0.39 is 58.3 Å². The van der Waals surface area contributed by atoms with Crippen molar-refractivity contribution in [2.75, 3.05) is 7.11 Å². The minimum atomic E-state index is -1.81. The first-order chi connectivity index (χ1) is 13.6. The number of ketones is 3. The highest BCUT2D eigenvalue weighted by atomic mass is 16.5. The largest absolute Gasteiger partial charge is 0.507 e. The second-order valence-electron chi connectivity index (χ2n) is 7.38. The van der Waals surface area contributed by atoms with E-state index in [1.807, 2.05) is 0 Å². The van der Waals surface area contributed by atoms with Crippen molar-refractivity contribution in [3.05, 3.63) is 57.6 Å². The number of Topliss-reactive ketones (excluding diaryl/α,β-unsaturated/α-hetero) is 1. The fourth-order valence-electron chi connectivity index (χ4n) is 4.21. The summed E-state index contributed by atoms with van der Waals surface area (Å²) in [6.07, 6.45) is -0.490. The molecule has 0 saturated carbocycles. The van der Waals surface area contributed by atoms with Crippen molar-refractivity contribution in [1.29, 1.82) is 0 Å². The lowest BCUT2D eigenvalue weighted by molar-refractivity contribution is -0.149. The molecule has 0 radical (unpaired) electrons. The number of fused-ring (bicyclic) bond motifs is 3. The topological polar surface area (TPSA) is 138 Å². The van der Waals surface area contributed by atoms with Crippen LogP contribution in [0.4, 0.5) is 0 Å². The van der Waals surface area contributed by atoms with Gasteiger partial charge in [-0.3, -0.25) is 19.2 Å². The van der Waals surface area contributed by atoms with E-state index >= 15 is 0 Å². The molecule has 0 aliphatic heterocycles. The fourth-order valence-corrected chi connectivity index (χ4v) is 4.21. The van der Waals surface area contributed by atoms with E-state index in [4.69, 9.17) is 4.74 Å². The average molecular weight is 396 g/mol. The highest BCUT2D eigenvalue weighted by Crippen LogP contribution is 2.47. The highest BCUT2D eigenvalue weighted by Gasteiger charge is 2.49. The molecule has 1 unspecified atom stereocenters. The summed E-state index contributed by atoms with van der Waals surface area (Å²) < 4.78 is 4.74. The number of phenols is 2. The third kappa shape index (κ3) is 2.42. The molecule has 3 N–H and O–H groups in total. The number of aliphatic hydroxyl groups is 1. The Labute approximate surface area is 164 Å². The Kier molecular flexibility index (Phi) is 3.89. The summed E-state index contributed by atoms with van der Waals surface area (Å²) >= 11 is 0. The van der Waals surface area contributed by atoms with Crippen LogP contribution in [-0.4, -0.2) is 51.3 Å². The minimum Gasteiger partial charge on any atom is -0.507 e. The number of esters is 1. The quantitative estimate of drug-likeness (QED) is 0.526. The zero-order valence-corrected chi connectivity index (χ0v) is 15.5. The average Bonchev–Trinajstić information content (AvgIpc) is 2.64. The molecule has 0 saturated heterocycles.